The summed E-state index contributed by atoms with van der Waals surface area (Å²) in [5.41, 5.74) is 1.42. The van der Waals surface area contributed by atoms with E-state index in [-0.39, 0.29) is 24.0 Å². The summed E-state index contributed by atoms with van der Waals surface area (Å²) >= 11 is 1.77. The van der Waals surface area contributed by atoms with Gasteiger partial charge in [0.2, 0.25) is 0 Å². The third-order valence-electron chi connectivity index (χ3n) is 4.89. The van der Waals surface area contributed by atoms with E-state index < -0.39 is 0 Å². The second kappa shape index (κ2) is 11.3. The van der Waals surface area contributed by atoms with Crippen LogP contribution < -0.4 is 5.32 Å². The van der Waals surface area contributed by atoms with E-state index in [0.29, 0.717) is 5.92 Å². The van der Waals surface area contributed by atoms with Gasteiger partial charge in [-0.25, -0.2) is 0 Å². The summed E-state index contributed by atoms with van der Waals surface area (Å²) < 4.78 is 0. The normalized spacial score (nSPS) is 19.5. The summed E-state index contributed by atoms with van der Waals surface area (Å²) in [4.78, 5) is 9.45. The van der Waals surface area contributed by atoms with Crippen molar-refractivity contribution < 1.29 is 0 Å². The summed E-state index contributed by atoms with van der Waals surface area (Å²) in [5, 5.41) is 7.96. The van der Waals surface area contributed by atoms with Crippen molar-refractivity contribution in [3.63, 3.8) is 0 Å². The van der Waals surface area contributed by atoms with Crippen LogP contribution in [0.15, 0.2) is 21.8 Å². The Bertz CT molecular complexity index is 473. The Hall–Kier alpha value is -0.340. The Balaban J connectivity index is 0.00000288. The molecule has 1 saturated heterocycles. The number of halogens is 1. The van der Waals surface area contributed by atoms with Crippen molar-refractivity contribution >= 4 is 41.3 Å². The number of nitrogens with zero attached hydrogens (tertiary/aromatic N) is 3. The molecule has 2 unspecified atom stereocenters. The van der Waals surface area contributed by atoms with Gasteiger partial charge in [0.15, 0.2) is 5.96 Å². The average Bonchev–Trinajstić information content (AvgIpc) is 3.25. The maximum atomic E-state index is 4.50. The molecule has 1 aliphatic rings. The van der Waals surface area contributed by atoms with Crippen molar-refractivity contribution in [2.45, 2.75) is 33.1 Å². The van der Waals surface area contributed by atoms with Crippen LogP contribution in [0.4, 0.5) is 0 Å². The highest BCUT2D eigenvalue weighted by atomic mass is 127. The lowest BCUT2D eigenvalue weighted by Crippen LogP contribution is -2.42. The molecule has 1 N–H and O–H groups in total. The molecule has 1 aromatic rings. The first kappa shape index (κ1) is 21.7. The first-order valence-electron chi connectivity index (χ1n) is 8.87. The number of rotatable bonds is 7. The summed E-state index contributed by atoms with van der Waals surface area (Å²) in [6, 6.07) is 2.22. The molecule has 0 bridgehead atoms. The highest BCUT2D eigenvalue weighted by Gasteiger charge is 2.26. The fourth-order valence-corrected chi connectivity index (χ4v) is 4.05. The summed E-state index contributed by atoms with van der Waals surface area (Å²) in [6.45, 7) is 13.5. The van der Waals surface area contributed by atoms with E-state index in [4.69, 9.17) is 0 Å². The van der Waals surface area contributed by atoms with Gasteiger partial charge in [0, 0.05) is 33.2 Å². The molecule has 2 atom stereocenters. The van der Waals surface area contributed by atoms with Gasteiger partial charge < -0.3 is 15.1 Å². The van der Waals surface area contributed by atoms with Crippen LogP contribution in [0.3, 0.4) is 0 Å². The van der Waals surface area contributed by atoms with Crippen molar-refractivity contribution in [3.05, 3.63) is 22.4 Å². The molecule has 0 aliphatic carbocycles. The van der Waals surface area contributed by atoms with Crippen LogP contribution in [0.1, 0.15) is 38.7 Å². The topological polar surface area (TPSA) is 30.9 Å². The van der Waals surface area contributed by atoms with E-state index in [1.165, 1.54) is 18.5 Å². The molecule has 1 fully saturated rings. The minimum Gasteiger partial charge on any atom is -0.356 e. The van der Waals surface area contributed by atoms with Gasteiger partial charge in [0.1, 0.15) is 0 Å². The maximum absolute atomic E-state index is 4.50. The van der Waals surface area contributed by atoms with E-state index in [1.54, 1.807) is 11.3 Å². The van der Waals surface area contributed by atoms with Crippen molar-refractivity contribution in [1.82, 2.24) is 15.1 Å². The van der Waals surface area contributed by atoms with Gasteiger partial charge in [-0.3, -0.25) is 4.99 Å². The highest BCUT2D eigenvalue weighted by Crippen LogP contribution is 2.19. The van der Waals surface area contributed by atoms with Gasteiger partial charge in [0.05, 0.1) is 0 Å². The van der Waals surface area contributed by atoms with Crippen molar-refractivity contribution in [1.29, 1.82) is 0 Å². The van der Waals surface area contributed by atoms with E-state index in [0.717, 1.165) is 44.6 Å². The van der Waals surface area contributed by atoms with E-state index in [1.807, 2.05) is 7.05 Å². The Morgan fingerprint density at radius 2 is 2.21 bits per heavy atom. The standard InChI is InChI=1S/C18H32N4S.HI/c1-5-21(6-2)12-16-7-9-22(13-16)18(19-4)20-11-15(3)17-8-10-23-14-17;/h8,10,14-16H,5-7,9,11-13H2,1-4H3,(H,19,20);1H. The maximum Gasteiger partial charge on any atom is 0.193 e. The molecule has 6 heteroatoms. The van der Waals surface area contributed by atoms with Gasteiger partial charge in [-0.15, -0.1) is 24.0 Å². The molecule has 1 aromatic heterocycles. The molecular weight excluding hydrogens is 431 g/mol. The number of hydrogen-bond donors (Lipinski definition) is 1. The molecule has 2 rings (SSSR count). The van der Waals surface area contributed by atoms with E-state index in [2.05, 4.69) is 57.7 Å². The molecule has 0 spiro atoms. The Morgan fingerprint density at radius 3 is 2.79 bits per heavy atom. The van der Waals surface area contributed by atoms with Crippen molar-refractivity contribution in [2.24, 2.45) is 10.9 Å². The molecular formula is C18H33IN4S. The third kappa shape index (κ3) is 6.19. The van der Waals surface area contributed by atoms with Crippen LogP contribution in [-0.4, -0.2) is 62.1 Å². The SMILES string of the molecule is CCN(CC)CC1CCN(C(=NC)NCC(C)c2ccsc2)C1.I. The molecule has 4 nitrogen and oxygen atoms in total. The molecule has 138 valence electrons. The van der Waals surface area contributed by atoms with Crippen LogP contribution in [-0.2, 0) is 0 Å². The lowest BCUT2D eigenvalue weighted by molar-refractivity contribution is 0.255. The number of likely N-dealkylation sites (tertiary alicyclic amines) is 1. The molecule has 0 amide bonds. The number of guanidine groups is 1. The fraction of sp³-hybridized carbons (Fsp3) is 0.722. The monoisotopic (exact) mass is 464 g/mol. The smallest absolute Gasteiger partial charge is 0.193 e. The van der Waals surface area contributed by atoms with Crippen molar-refractivity contribution in [3.8, 4) is 0 Å². The van der Waals surface area contributed by atoms with Gasteiger partial charge in [0.25, 0.3) is 0 Å². The third-order valence-corrected chi connectivity index (χ3v) is 5.59. The largest absolute Gasteiger partial charge is 0.356 e. The molecule has 2 heterocycles. The van der Waals surface area contributed by atoms with Gasteiger partial charge in [-0.1, -0.05) is 20.8 Å². The number of nitrogens with one attached hydrogen (secondary N) is 1. The van der Waals surface area contributed by atoms with Crippen LogP contribution in [0.5, 0.6) is 0 Å². The van der Waals surface area contributed by atoms with Crippen molar-refractivity contribution in [2.75, 3.05) is 46.3 Å². The molecule has 24 heavy (non-hydrogen) atoms. The first-order chi connectivity index (χ1) is 11.2. The van der Waals surface area contributed by atoms with E-state index >= 15 is 0 Å². The number of thiophene rings is 1. The van der Waals surface area contributed by atoms with Crippen LogP contribution >= 0.6 is 35.3 Å². The number of aliphatic imine (C=N–C) groups is 1. The van der Waals surface area contributed by atoms with Gasteiger partial charge in [-0.2, -0.15) is 11.3 Å². The number of hydrogen-bond acceptors (Lipinski definition) is 3. The quantitative estimate of drug-likeness (QED) is 0.379. The Kier molecular flexibility index (Phi) is 10.2. The molecule has 0 radical (unpaired) electrons. The first-order valence-corrected chi connectivity index (χ1v) is 9.82. The van der Waals surface area contributed by atoms with Crippen LogP contribution in [0.2, 0.25) is 0 Å². The second-order valence-electron chi connectivity index (χ2n) is 6.47. The average molecular weight is 464 g/mol. The van der Waals surface area contributed by atoms with E-state index in [9.17, 15) is 0 Å². The zero-order valence-electron chi connectivity index (χ0n) is 15.5. The lowest BCUT2D eigenvalue weighted by Gasteiger charge is -2.25. The van der Waals surface area contributed by atoms with Crippen LogP contribution in [0.25, 0.3) is 0 Å². The fourth-order valence-electron chi connectivity index (χ4n) is 3.27. The van der Waals surface area contributed by atoms with Gasteiger partial charge >= 0.3 is 0 Å². The van der Waals surface area contributed by atoms with Gasteiger partial charge in [-0.05, 0) is 53.7 Å². The Labute approximate surface area is 168 Å². The minimum absolute atomic E-state index is 0. The zero-order chi connectivity index (χ0) is 16.7. The molecule has 1 aliphatic heterocycles. The highest BCUT2D eigenvalue weighted by molar-refractivity contribution is 14.0. The zero-order valence-corrected chi connectivity index (χ0v) is 18.6. The Morgan fingerprint density at radius 1 is 1.46 bits per heavy atom. The predicted molar refractivity (Wildman–Crippen MR) is 117 cm³/mol. The predicted octanol–water partition coefficient (Wildman–Crippen LogP) is 3.71. The minimum atomic E-state index is 0. The summed E-state index contributed by atoms with van der Waals surface area (Å²) in [5.74, 6) is 2.35. The summed E-state index contributed by atoms with van der Waals surface area (Å²) in [6.07, 6.45) is 1.28. The molecule has 0 aromatic carbocycles. The lowest BCUT2D eigenvalue weighted by atomic mass is 10.1. The molecule has 0 saturated carbocycles. The van der Waals surface area contributed by atoms with Crippen LogP contribution in [0, 0.1) is 5.92 Å². The second-order valence-corrected chi connectivity index (χ2v) is 7.25. The summed E-state index contributed by atoms with van der Waals surface area (Å²) in [7, 11) is 1.90.